The molecule has 2 aliphatic rings. The Balaban J connectivity index is 1.47. The van der Waals surface area contributed by atoms with Gasteiger partial charge in [0.25, 0.3) is 0 Å². The zero-order chi connectivity index (χ0) is 23.9. The van der Waals surface area contributed by atoms with Crippen molar-refractivity contribution in [3.05, 3.63) is 95.6 Å². The van der Waals surface area contributed by atoms with Crippen molar-refractivity contribution >= 4 is 11.6 Å². The van der Waals surface area contributed by atoms with Crippen LogP contribution < -0.4 is 10.1 Å². The summed E-state index contributed by atoms with van der Waals surface area (Å²) < 4.78 is 6.43. The van der Waals surface area contributed by atoms with Gasteiger partial charge < -0.3 is 15.0 Å². The minimum Gasteiger partial charge on any atom is -0.491 e. The molecule has 1 amide bonds. The molecule has 0 spiro atoms. The van der Waals surface area contributed by atoms with Gasteiger partial charge in [0, 0.05) is 30.8 Å². The Labute approximate surface area is 209 Å². The number of fused-ring (bicyclic) bond motifs is 2. The van der Waals surface area contributed by atoms with E-state index in [9.17, 15) is 4.79 Å². The zero-order valence-electron chi connectivity index (χ0n) is 20.5. The number of nitrogens with one attached hydrogen (secondary N) is 1. The van der Waals surface area contributed by atoms with Crippen molar-refractivity contribution in [2.75, 3.05) is 11.9 Å². The summed E-state index contributed by atoms with van der Waals surface area (Å²) in [7, 11) is 0. The van der Waals surface area contributed by atoms with E-state index in [1.54, 1.807) is 0 Å². The van der Waals surface area contributed by atoms with Crippen molar-refractivity contribution in [1.82, 2.24) is 4.90 Å². The van der Waals surface area contributed by atoms with Gasteiger partial charge in [-0.1, -0.05) is 92.4 Å². The van der Waals surface area contributed by atoms with Crippen molar-refractivity contribution in [2.45, 2.75) is 64.1 Å². The van der Waals surface area contributed by atoms with Gasteiger partial charge in [-0.05, 0) is 42.0 Å². The summed E-state index contributed by atoms with van der Waals surface area (Å²) in [5.74, 6) is 1.83. The van der Waals surface area contributed by atoms with Crippen LogP contribution in [0.1, 0.15) is 55.2 Å². The van der Waals surface area contributed by atoms with E-state index in [4.69, 9.17) is 4.74 Å². The average Bonchev–Trinajstić information content (AvgIpc) is 3.41. The highest BCUT2D eigenvalue weighted by Crippen LogP contribution is 2.30. The number of nitrogens with zero attached hydrogens (tertiary/aromatic N) is 1. The SMILES string of the molecule is O=C(CCC1CCCC1)N1Cc2ccccc2NCc2ccccc2OC[C@@H]1Cc1ccccc1. The molecule has 4 nitrogen and oxygen atoms in total. The van der Waals surface area contributed by atoms with Crippen LogP contribution in [0.15, 0.2) is 78.9 Å². The van der Waals surface area contributed by atoms with E-state index in [1.165, 1.54) is 31.2 Å². The standard InChI is InChI=1S/C31H36N2O2/c34-31(19-18-24-10-4-5-11-24)33-22-27-15-6-8-16-29(27)32-21-26-14-7-9-17-30(26)35-23-28(33)20-25-12-2-1-3-13-25/h1-3,6-9,12-17,24,28,32H,4-5,10-11,18-23H2/t28-/m0/s1. The first-order valence-corrected chi connectivity index (χ1v) is 13.1. The molecule has 1 aliphatic carbocycles. The van der Waals surface area contributed by atoms with Gasteiger partial charge >= 0.3 is 0 Å². The summed E-state index contributed by atoms with van der Waals surface area (Å²) in [5, 5.41) is 3.60. The summed E-state index contributed by atoms with van der Waals surface area (Å²) in [6.07, 6.45) is 7.55. The van der Waals surface area contributed by atoms with Crippen molar-refractivity contribution in [3.63, 3.8) is 0 Å². The molecule has 1 saturated carbocycles. The maximum atomic E-state index is 13.8. The summed E-state index contributed by atoms with van der Waals surface area (Å²) in [5.41, 5.74) is 4.58. The van der Waals surface area contributed by atoms with Crippen molar-refractivity contribution in [1.29, 1.82) is 0 Å². The van der Waals surface area contributed by atoms with Crippen molar-refractivity contribution in [3.8, 4) is 5.75 Å². The minimum atomic E-state index is -0.0484. The number of anilines is 1. The molecule has 4 heteroatoms. The van der Waals surface area contributed by atoms with Crippen LogP contribution in [0.4, 0.5) is 5.69 Å². The van der Waals surface area contributed by atoms with E-state index in [-0.39, 0.29) is 11.9 Å². The molecule has 0 aromatic heterocycles. The van der Waals surface area contributed by atoms with Gasteiger partial charge in [0.1, 0.15) is 12.4 Å². The molecule has 0 unspecified atom stereocenters. The van der Waals surface area contributed by atoms with Crippen molar-refractivity contribution < 1.29 is 9.53 Å². The van der Waals surface area contributed by atoms with E-state index in [0.29, 0.717) is 32.0 Å². The Morgan fingerprint density at radius 3 is 2.43 bits per heavy atom. The summed E-state index contributed by atoms with van der Waals surface area (Å²) in [6, 6.07) is 27.0. The number of para-hydroxylation sites is 2. The number of benzene rings is 3. The Hall–Kier alpha value is -3.27. The van der Waals surface area contributed by atoms with E-state index >= 15 is 0 Å². The van der Waals surface area contributed by atoms with Crippen molar-refractivity contribution in [2.24, 2.45) is 5.92 Å². The lowest BCUT2D eigenvalue weighted by molar-refractivity contribution is -0.135. The Morgan fingerprint density at radius 2 is 1.60 bits per heavy atom. The Kier molecular flexibility index (Phi) is 7.67. The Morgan fingerprint density at radius 1 is 0.886 bits per heavy atom. The topological polar surface area (TPSA) is 41.6 Å². The predicted octanol–water partition coefficient (Wildman–Crippen LogP) is 6.60. The van der Waals surface area contributed by atoms with Crippen LogP contribution in [0.3, 0.4) is 0 Å². The first-order valence-electron chi connectivity index (χ1n) is 13.1. The number of hydrogen-bond donors (Lipinski definition) is 1. The number of ether oxygens (including phenoxy) is 1. The smallest absolute Gasteiger partial charge is 0.223 e. The lowest BCUT2D eigenvalue weighted by Gasteiger charge is -2.33. The third-order valence-corrected chi connectivity index (χ3v) is 7.55. The fourth-order valence-electron chi connectivity index (χ4n) is 5.52. The predicted molar refractivity (Wildman–Crippen MR) is 141 cm³/mol. The Bertz CT molecular complexity index is 1110. The van der Waals surface area contributed by atoms with Gasteiger partial charge in [-0.2, -0.15) is 0 Å². The van der Waals surface area contributed by atoms with Gasteiger partial charge in [-0.15, -0.1) is 0 Å². The second-order valence-corrected chi connectivity index (χ2v) is 9.98. The highest BCUT2D eigenvalue weighted by atomic mass is 16.5. The maximum absolute atomic E-state index is 13.8. The molecule has 1 heterocycles. The van der Waals surface area contributed by atoms with Crippen LogP contribution in [-0.2, 0) is 24.3 Å². The molecular weight excluding hydrogens is 432 g/mol. The third-order valence-electron chi connectivity index (χ3n) is 7.55. The molecule has 1 aliphatic heterocycles. The summed E-state index contributed by atoms with van der Waals surface area (Å²) in [4.78, 5) is 15.9. The molecule has 0 bridgehead atoms. The van der Waals surface area contributed by atoms with Gasteiger partial charge in [0.2, 0.25) is 5.91 Å². The quantitative estimate of drug-likeness (QED) is 0.459. The minimum absolute atomic E-state index is 0.0484. The van der Waals surface area contributed by atoms with Crippen LogP contribution in [0.2, 0.25) is 0 Å². The summed E-state index contributed by atoms with van der Waals surface area (Å²) in [6.45, 7) is 1.75. The molecule has 35 heavy (non-hydrogen) atoms. The van der Waals surface area contributed by atoms with E-state index in [1.807, 2.05) is 18.2 Å². The number of carbonyl (C=O) groups is 1. The number of amides is 1. The molecule has 1 fully saturated rings. The molecular formula is C31H36N2O2. The fourth-order valence-corrected chi connectivity index (χ4v) is 5.52. The van der Waals surface area contributed by atoms with Crippen LogP contribution in [0.5, 0.6) is 5.75 Å². The molecule has 5 rings (SSSR count). The maximum Gasteiger partial charge on any atom is 0.223 e. The largest absolute Gasteiger partial charge is 0.491 e. The summed E-state index contributed by atoms with van der Waals surface area (Å²) >= 11 is 0. The molecule has 0 radical (unpaired) electrons. The number of hydrogen-bond acceptors (Lipinski definition) is 3. The zero-order valence-corrected chi connectivity index (χ0v) is 20.5. The van der Waals surface area contributed by atoms with Crippen LogP contribution >= 0.6 is 0 Å². The number of rotatable bonds is 5. The second-order valence-electron chi connectivity index (χ2n) is 9.98. The van der Waals surface area contributed by atoms with E-state index < -0.39 is 0 Å². The molecule has 1 N–H and O–H groups in total. The first kappa shape index (κ1) is 23.5. The van der Waals surface area contributed by atoms with Gasteiger partial charge in [-0.3, -0.25) is 4.79 Å². The average molecular weight is 469 g/mol. The van der Waals surface area contributed by atoms with Gasteiger partial charge in [-0.25, -0.2) is 0 Å². The number of carbonyl (C=O) groups excluding carboxylic acids is 1. The highest BCUT2D eigenvalue weighted by molar-refractivity contribution is 5.77. The lowest BCUT2D eigenvalue weighted by atomic mass is 9.99. The van der Waals surface area contributed by atoms with E-state index in [0.717, 1.165) is 35.4 Å². The molecule has 3 aromatic rings. The van der Waals surface area contributed by atoms with E-state index in [2.05, 4.69) is 70.9 Å². The lowest BCUT2D eigenvalue weighted by Crippen LogP contribution is -2.44. The second kappa shape index (κ2) is 11.4. The molecule has 0 saturated heterocycles. The van der Waals surface area contributed by atoms with Gasteiger partial charge in [0.15, 0.2) is 0 Å². The molecule has 1 atom stereocenters. The molecule has 3 aromatic carbocycles. The molecule has 182 valence electrons. The van der Waals surface area contributed by atoms with Crippen LogP contribution in [-0.4, -0.2) is 23.5 Å². The normalized spacial score (nSPS) is 18.5. The van der Waals surface area contributed by atoms with Gasteiger partial charge in [0.05, 0.1) is 6.04 Å². The monoisotopic (exact) mass is 468 g/mol. The van der Waals surface area contributed by atoms with Crippen LogP contribution in [0, 0.1) is 5.92 Å². The fraction of sp³-hybridized carbons (Fsp3) is 0.387. The highest BCUT2D eigenvalue weighted by Gasteiger charge is 2.28. The first-order chi connectivity index (χ1) is 17.3. The van der Waals surface area contributed by atoms with Crippen LogP contribution in [0.25, 0.3) is 0 Å². The third kappa shape index (κ3) is 6.05.